The standard InChI is InChI=1S/C13H8FN3O2/c14-9-4-1-5-10-11(9)12(18)17(13(19)16-10)8-3-2-6-15-7-8/h1-7H,(H,16,19). The first-order valence-corrected chi connectivity index (χ1v) is 5.52. The van der Waals surface area contributed by atoms with Crippen LogP contribution in [-0.2, 0) is 0 Å². The van der Waals surface area contributed by atoms with Crippen molar-refractivity contribution in [3.63, 3.8) is 0 Å². The minimum absolute atomic E-state index is 0.147. The van der Waals surface area contributed by atoms with Crippen molar-refractivity contribution < 1.29 is 4.39 Å². The van der Waals surface area contributed by atoms with Crippen molar-refractivity contribution in [1.29, 1.82) is 0 Å². The summed E-state index contributed by atoms with van der Waals surface area (Å²) in [6.07, 6.45) is 2.88. The molecule has 0 aliphatic carbocycles. The van der Waals surface area contributed by atoms with Gasteiger partial charge in [0.05, 0.1) is 22.8 Å². The quantitative estimate of drug-likeness (QED) is 0.712. The number of fused-ring (bicyclic) bond motifs is 1. The summed E-state index contributed by atoms with van der Waals surface area (Å²) < 4.78 is 14.6. The van der Waals surface area contributed by atoms with Gasteiger partial charge in [-0.15, -0.1) is 0 Å². The van der Waals surface area contributed by atoms with Crippen molar-refractivity contribution in [1.82, 2.24) is 14.5 Å². The minimum Gasteiger partial charge on any atom is -0.306 e. The van der Waals surface area contributed by atoms with E-state index in [0.29, 0.717) is 5.69 Å². The molecule has 0 aliphatic rings. The number of benzene rings is 1. The van der Waals surface area contributed by atoms with E-state index < -0.39 is 17.1 Å². The van der Waals surface area contributed by atoms with Crippen molar-refractivity contribution in [2.24, 2.45) is 0 Å². The lowest BCUT2D eigenvalue weighted by molar-refractivity contribution is 0.637. The molecule has 0 bridgehead atoms. The fourth-order valence-corrected chi connectivity index (χ4v) is 1.94. The van der Waals surface area contributed by atoms with E-state index in [1.807, 2.05) is 0 Å². The Bertz CT molecular complexity index is 868. The number of hydrogen-bond acceptors (Lipinski definition) is 3. The second-order valence-electron chi connectivity index (χ2n) is 3.94. The molecule has 1 aromatic carbocycles. The maximum atomic E-state index is 13.7. The second kappa shape index (κ2) is 4.16. The van der Waals surface area contributed by atoms with E-state index >= 15 is 0 Å². The largest absolute Gasteiger partial charge is 0.333 e. The molecule has 0 saturated carbocycles. The number of aromatic amines is 1. The molecule has 19 heavy (non-hydrogen) atoms. The summed E-state index contributed by atoms with van der Waals surface area (Å²) in [4.78, 5) is 30.5. The molecule has 2 aromatic heterocycles. The third kappa shape index (κ3) is 1.74. The maximum Gasteiger partial charge on any atom is 0.333 e. The summed E-state index contributed by atoms with van der Waals surface area (Å²) >= 11 is 0. The minimum atomic E-state index is -0.704. The van der Waals surface area contributed by atoms with E-state index in [1.54, 1.807) is 12.1 Å². The van der Waals surface area contributed by atoms with Crippen LogP contribution in [0.4, 0.5) is 4.39 Å². The average molecular weight is 257 g/mol. The molecule has 3 aromatic rings. The Balaban J connectivity index is 2.49. The zero-order chi connectivity index (χ0) is 13.4. The Morgan fingerprint density at radius 2 is 2.00 bits per heavy atom. The van der Waals surface area contributed by atoms with Gasteiger partial charge in [-0.25, -0.2) is 13.8 Å². The molecule has 1 N–H and O–H groups in total. The molecule has 94 valence electrons. The lowest BCUT2D eigenvalue weighted by atomic mass is 10.2. The lowest BCUT2D eigenvalue weighted by Crippen LogP contribution is -2.34. The van der Waals surface area contributed by atoms with Gasteiger partial charge in [0.2, 0.25) is 0 Å². The molecule has 6 heteroatoms. The maximum absolute atomic E-state index is 13.7. The Kier molecular flexibility index (Phi) is 2.49. The van der Waals surface area contributed by atoms with Crippen molar-refractivity contribution in [3.8, 4) is 5.69 Å². The molecule has 0 amide bonds. The van der Waals surface area contributed by atoms with Crippen LogP contribution in [0.2, 0.25) is 0 Å². The molecule has 2 heterocycles. The van der Waals surface area contributed by atoms with Gasteiger partial charge in [0, 0.05) is 6.20 Å². The van der Waals surface area contributed by atoms with Gasteiger partial charge in [0.15, 0.2) is 0 Å². The first-order valence-electron chi connectivity index (χ1n) is 5.52. The average Bonchev–Trinajstić information content (AvgIpc) is 2.39. The number of halogens is 1. The first kappa shape index (κ1) is 11.3. The van der Waals surface area contributed by atoms with Crippen LogP contribution in [-0.4, -0.2) is 14.5 Å². The van der Waals surface area contributed by atoms with E-state index in [9.17, 15) is 14.0 Å². The van der Waals surface area contributed by atoms with E-state index in [2.05, 4.69) is 9.97 Å². The van der Waals surface area contributed by atoms with Crippen LogP contribution >= 0.6 is 0 Å². The van der Waals surface area contributed by atoms with Gasteiger partial charge in [-0.05, 0) is 24.3 Å². The lowest BCUT2D eigenvalue weighted by Gasteiger charge is -2.05. The summed E-state index contributed by atoms with van der Waals surface area (Å²) in [6, 6.07) is 7.23. The van der Waals surface area contributed by atoms with E-state index in [0.717, 1.165) is 4.57 Å². The van der Waals surface area contributed by atoms with Gasteiger partial charge in [-0.1, -0.05) is 6.07 Å². The fourth-order valence-electron chi connectivity index (χ4n) is 1.94. The molecule has 0 unspecified atom stereocenters. The van der Waals surface area contributed by atoms with Crippen LogP contribution in [0, 0.1) is 5.82 Å². The first-order chi connectivity index (χ1) is 9.18. The molecule has 0 radical (unpaired) electrons. The number of aromatic nitrogens is 3. The van der Waals surface area contributed by atoms with Crippen LogP contribution < -0.4 is 11.2 Å². The molecule has 5 nitrogen and oxygen atoms in total. The molecule has 0 aliphatic heterocycles. The Hall–Kier alpha value is -2.76. The van der Waals surface area contributed by atoms with Gasteiger partial charge >= 0.3 is 5.69 Å². The van der Waals surface area contributed by atoms with Gasteiger partial charge < -0.3 is 4.98 Å². The SMILES string of the molecule is O=c1[nH]c2cccc(F)c2c(=O)n1-c1cccnc1. The third-order valence-electron chi connectivity index (χ3n) is 2.78. The summed E-state index contributed by atoms with van der Waals surface area (Å²) in [6.45, 7) is 0. The van der Waals surface area contributed by atoms with Crippen molar-refractivity contribution in [3.05, 3.63) is 69.4 Å². The van der Waals surface area contributed by atoms with E-state index in [-0.39, 0.29) is 10.9 Å². The zero-order valence-corrected chi connectivity index (χ0v) is 9.63. The van der Waals surface area contributed by atoms with Gasteiger partial charge in [-0.3, -0.25) is 9.78 Å². The molecule has 0 saturated heterocycles. The number of pyridine rings is 1. The highest BCUT2D eigenvalue weighted by Gasteiger charge is 2.12. The van der Waals surface area contributed by atoms with Crippen LogP contribution in [0.25, 0.3) is 16.6 Å². The topological polar surface area (TPSA) is 67.8 Å². The molecule has 0 atom stereocenters. The summed E-state index contributed by atoms with van der Waals surface area (Å²) in [7, 11) is 0. The van der Waals surface area contributed by atoms with Crippen LogP contribution in [0.3, 0.4) is 0 Å². The number of H-pyrrole nitrogens is 1. The van der Waals surface area contributed by atoms with Crippen molar-refractivity contribution in [2.45, 2.75) is 0 Å². The Morgan fingerprint density at radius 3 is 2.74 bits per heavy atom. The number of nitrogens with zero attached hydrogens (tertiary/aromatic N) is 2. The van der Waals surface area contributed by atoms with Crippen LogP contribution in [0.5, 0.6) is 0 Å². The molecular weight excluding hydrogens is 249 g/mol. The highest BCUT2D eigenvalue weighted by Crippen LogP contribution is 2.10. The highest BCUT2D eigenvalue weighted by atomic mass is 19.1. The summed E-state index contributed by atoms with van der Waals surface area (Å²) in [5.41, 5.74) is -0.866. The highest BCUT2D eigenvalue weighted by molar-refractivity contribution is 5.78. The number of hydrogen-bond donors (Lipinski definition) is 1. The predicted molar refractivity (Wildman–Crippen MR) is 67.9 cm³/mol. The predicted octanol–water partition coefficient (Wildman–Crippen LogP) is 1.21. The van der Waals surface area contributed by atoms with Crippen molar-refractivity contribution in [2.75, 3.05) is 0 Å². The zero-order valence-electron chi connectivity index (χ0n) is 9.63. The van der Waals surface area contributed by atoms with Gasteiger partial charge in [-0.2, -0.15) is 0 Å². The summed E-state index contributed by atoms with van der Waals surface area (Å²) in [5.74, 6) is -0.670. The fraction of sp³-hybridized carbons (Fsp3) is 0. The molecule has 0 fully saturated rings. The summed E-state index contributed by atoms with van der Waals surface area (Å²) in [5, 5.41) is -0.147. The second-order valence-corrected chi connectivity index (χ2v) is 3.94. The smallest absolute Gasteiger partial charge is 0.306 e. The van der Waals surface area contributed by atoms with Crippen LogP contribution in [0.1, 0.15) is 0 Å². The molecule has 3 rings (SSSR count). The third-order valence-corrected chi connectivity index (χ3v) is 2.78. The molecule has 0 spiro atoms. The Labute approximate surface area is 106 Å². The number of rotatable bonds is 1. The van der Waals surface area contributed by atoms with Crippen molar-refractivity contribution >= 4 is 10.9 Å². The monoisotopic (exact) mass is 257 g/mol. The van der Waals surface area contributed by atoms with Crippen LogP contribution in [0.15, 0.2) is 52.3 Å². The molecular formula is C13H8FN3O2. The normalized spacial score (nSPS) is 10.8. The number of nitrogens with one attached hydrogen (secondary N) is 1. The Morgan fingerprint density at radius 1 is 1.16 bits per heavy atom. The van der Waals surface area contributed by atoms with Gasteiger partial charge in [0.1, 0.15) is 5.82 Å². The van der Waals surface area contributed by atoms with Gasteiger partial charge in [0.25, 0.3) is 5.56 Å². The van der Waals surface area contributed by atoms with E-state index in [4.69, 9.17) is 0 Å². The van der Waals surface area contributed by atoms with E-state index in [1.165, 1.54) is 30.6 Å².